The second-order valence-electron chi connectivity index (χ2n) is 11.4. The van der Waals surface area contributed by atoms with Crippen molar-refractivity contribution in [2.45, 2.75) is 66.7 Å². The summed E-state index contributed by atoms with van der Waals surface area (Å²) in [4.78, 5) is 10.5. The Morgan fingerprint density at radius 1 is 1.07 bits per heavy atom. The Kier molecular flexibility index (Phi) is 8.13. The highest BCUT2D eigenvalue weighted by molar-refractivity contribution is 5.96. The summed E-state index contributed by atoms with van der Waals surface area (Å²) in [5.74, 6) is -0.239. The first-order valence-electron chi connectivity index (χ1n) is 13.4. The molecule has 2 heterocycles. The zero-order valence-corrected chi connectivity index (χ0v) is 24.5. The fourth-order valence-electron chi connectivity index (χ4n) is 6.24. The maximum absolute atomic E-state index is 15.5. The highest BCUT2D eigenvalue weighted by Gasteiger charge is 2.34. The molecule has 1 atom stereocenters. The number of ether oxygens (including phenoxy) is 2. The van der Waals surface area contributed by atoms with Crippen molar-refractivity contribution in [1.82, 2.24) is 0 Å². The van der Waals surface area contributed by atoms with Crippen LogP contribution in [0.4, 0.5) is 20.2 Å². The van der Waals surface area contributed by atoms with Gasteiger partial charge in [-0.05, 0) is 99.5 Å². The Balaban J connectivity index is 0.00000118. The third-order valence-corrected chi connectivity index (χ3v) is 7.49. The van der Waals surface area contributed by atoms with Gasteiger partial charge in [-0.2, -0.15) is 0 Å². The van der Waals surface area contributed by atoms with Crippen LogP contribution in [0.15, 0.2) is 24.3 Å². The average Bonchev–Trinajstić information content (AvgIpc) is 2.85. The van der Waals surface area contributed by atoms with Crippen molar-refractivity contribution in [3.8, 4) is 28.0 Å². The molecule has 8 heteroatoms. The molecule has 0 amide bonds. The molecule has 0 bridgehead atoms. The number of hydrogen-bond donors (Lipinski definition) is 2. The molecule has 214 valence electrons. The van der Waals surface area contributed by atoms with Crippen LogP contribution in [0.2, 0.25) is 0 Å². The van der Waals surface area contributed by atoms with Crippen molar-refractivity contribution in [3.05, 3.63) is 63.7 Å². The lowest BCUT2D eigenvalue weighted by atomic mass is 9.79. The quantitative estimate of drug-likeness (QED) is 0.327. The minimum Gasteiger partial charge on any atom is -0.490 e. The molecule has 2 N–H and O–H groups in total. The highest BCUT2D eigenvalue weighted by atomic mass is 19.1. The molecule has 0 saturated carbocycles. The number of fused-ring (bicyclic) bond motifs is 4. The van der Waals surface area contributed by atoms with Gasteiger partial charge in [-0.3, -0.25) is 4.79 Å². The normalized spacial score (nSPS) is 14.5. The van der Waals surface area contributed by atoms with Crippen molar-refractivity contribution in [2.75, 3.05) is 30.4 Å². The zero-order chi connectivity index (χ0) is 29.5. The summed E-state index contributed by atoms with van der Waals surface area (Å²) in [5.41, 5.74) is 9.82. The highest BCUT2D eigenvalue weighted by Crippen LogP contribution is 2.52. The van der Waals surface area contributed by atoms with Crippen LogP contribution in [0.3, 0.4) is 0 Å². The van der Waals surface area contributed by atoms with Crippen LogP contribution in [-0.2, 0) is 16.1 Å². The number of anilines is 2. The van der Waals surface area contributed by atoms with Crippen LogP contribution < -0.4 is 15.0 Å². The van der Waals surface area contributed by atoms with E-state index < -0.39 is 11.6 Å². The summed E-state index contributed by atoms with van der Waals surface area (Å²) in [6, 6.07) is 6.55. The van der Waals surface area contributed by atoms with Gasteiger partial charge in [-0.25, -0.2) is 8.78 Å². The third kappa shape index (κ3) is 5.24. The minimum atomic E-state index is -0.553. The molecule has 2 aliphatic rings. The summed E-state index contributed by atoms with van der Waals surface area (Å²) in [5, 5.41) is 10.4. The maximum atomic E-state index is 15.5. The summed E-state index contributed by atoms with van der Waals surface area (Å²) >= 11 is 0. The Labute approximate surface area is 234 Å². The van der Waals surface area contributed by atoms with Gasteiger partial charge in [-0.15, -0.1) is 0 Å². The first-order valence-corrected chi connectivity index (χ1v) is 13.4. The molecule has 0 spiro atoms. The largest absolute Gasteiger partial charge is 0.490 e. The molecule has 1 unspecified atom stereocenters. The number of halogens is 2. The van der Waals surface area contributed by atoms with E-state index in [-0.39, 0.29) is 18.2 Å². The van der Waals surface area contributed by atoms with E-state index in [1.807, 2.05) is 13.1 Å². The van der Waals surface area contributed by atoms with Gasteiger partial charge in [0.05, 0.1) is 17.4 Å². The molecule has 0 radical (unpaired) electrons. The van der Waals surface area contributed by atoms with E-state index in [9.17, 15) is 4.39 Å². The Morgan fingerprint density at radius 3 is 2.40 bits per heavy atom. The lowest BCUT2D eigenvalue weighted by Crippen LogP contribution is -2.27. The summed E-state index contributed by atoms with van der Waals surface area (Å²) in [6.45, 7) is 16.1. The van der Waals surface area contributed by atoms with Crippen molar-refractivity contribution >= 4 is 17.8 Å². The second kappa shape index (κ2) is 11.1. The van der Waals surface area contributed by atoms with E-state index in [1.54, 1.807) is 0 Å². The minimum absolute atomic E-state index is 0.216. The molecule has 2 aliphatic heterocycles. The van der Waals surface area contributed by atoms with E-state index in [1.165, 1.54) is 6.07 Å². The molecule has 0 fully saturated rings. The Hall–Kier alpha value is -3.65. The SMILES string of the molecule is Cc1c(-c2c(C)c3c(c(C)c2C(C)OC(C)(C)C)N(C)Cc2cc(F)cc(F)c2-3)ccc2c1NCCO2.O=CO. The van der Waals surface area contributed by atoms with E-state index in [0.29, 0.717) is 24.3 Å². The van der Waals surface area contributed by atoms with Crippen molar-refractivity contribution in [3.63, 3.8) is 0 Å². The van der Waals surface area contributed by atoms with Crippen molar-refractivity contribution < 1.29 is 28.2 Å². The predicted molar refractivity (Wildman–Crippen MR) is 155 cm³/mol. The monoisotopic (exact) mass is 552 g/mol. The summed E-state index contributed by atoms with van der Waals surface area (Å²) in [7, 11) is 1.99. The van der Waals surface area contributed by atoms with Gasteiger partial charge in [0, 0.05) is 43.0 Å². The molecule has 3 aromatic rings. The van der Waals surface area contributed by atoms with Crippen LogP contribution in [0, 0.1) is 32.4 Å². The molecule has 0 aromatic heterocycles. The van der Waals surface area contributed by atoms with Crippen LogP contribution in [0.1, 0.15) is 61.6 Å². The van der Waals surface area contributed by atoms with E-state index in [0.717, 1.165) is 68.7 Å². The Morgan fingerprint density at radius 2 is 1.75 bits per heavy atom. The molecular weight excluding hydrogens is 514 g/mol. The molecule has 6 nitrogen and oxygen atoms in total. The van der Waals surface area contributed by atoms with E-state index in [2.05, 4.69) is 64.7 Å². The van der Waals surface area contributed by atoms with Crippen LogP contribution in [0.25, 0.3) is 22.3 Å². The topological polar surface area (TPSA) is 71.0 Å². The second-order valence-corrected chi connectivity index (χ2v) is 11.4. The van der Waals surface area contributed by atoms with Crippen LogP contribution in [-0.4, -0.2) is 37.4 Å². The van der Waals surface area contributed by atoms with Crippen molar-refractivity contribution in [2.24, 2.45) is 0 Å². The molecule has 40 heavy (non-hydrogen) atoms. The number of hydrogen-bond acceptors (Lipinski definition) is 5. The molecule has 0 saturated heterocycles. The van der Waals surface area contributed by atoms with Gasteiger partial charge in [0.25, 0.3) is 6.47 Å². The lowest BCUT2D eigenvalue weighted by Gasteiger charge is -2.37. The first kappa shape index (κ1) is 29.3. The average molecular weight is 553 g/mol. The van der Waals surface area contributed by atoms with Crippen molar-refractivity contribution in [1.29, 1.82) is 0 Å². The predicted octanol–water partition coefficient (Wildman–Crippen LogP) is 7.56. The number of carbonyl (C=O) groups is 1. The van der Waals surface area contributed by atoms with Gasteiger partial charge in [0.2, 0.25) is 0 Å². The fourth-order valence-corrected chi connectivity index (χ4v) is 6.24. The van der Waals surface area contributed by atoms with E-state index >= 15 is 4.39 Å². The smallest absolute Gasteiger partial charge is 0.290 e. The number of benzene rings is 3. The third-order valence-electron chi connectivity index (χ3n) is 7.49. The lowest BCUT2D eigenvalue weighted by molar-refractivity contribution is -0.122. The first-order chi connectivity index (χ1) is 18.8. The number of carboxylic acid groups (broad SMARTS) is 1. The van der Waals surface area contributed by atoms with Crippen LogP contribution >= 0.6 is 0 Å². The molecule has 5 rings (SSSR count). The number of rotatable bonds is 3. The summed E-state index contributed by atoms with van der Waals surface area (Å²) < 4.78 is 42.1. The van der Waals surface area contributed by atoms with Gasteiger partial charge < -0.3 is 24.8 Å². The Bertz CT molecular complexity index is 1460. The molecule has 3 aromatic carbocycles. The van der Waals surface area contributed by atoms with Gasteiger partial charge in [0.1, 0.15) is 24.0 Å². The zero-order valence-electron chi connectivity index (χ0n) is 24.5. The van der Waals surface area contributed by atoms with Gasteiger partial charge in [0.15, 0.2) is 0 Å². The van der Waals surface area contributed by atoms with E-state index in [4.69, 9.17) is 19.4 Å². The maximum Gasteiger partial charge on any atom is 0.290 e. The van der Waals surface area contributed by atoms with Gasteiger partial charge >= 0.3 is 0 Å². The molecule has 0 aliphatic carbocycles. The molecular formula is C32H38F2N2O4. The number of nitrogens with zero attached hydrogens (tertiary/aromatic N) is 1. The summed E-state index contributed by atoms with van der Waals surface area (Å²) in [6.07, 6.45) is -0.216. The van der Waals surface area contributed by atoms with Gasteiger partial charge in [-0.1, -0.05) is 6.07 Å². The fraction of sp³-hybridized carbons (Fsp3) is 0.406. The number of nitrogens with one attached hydrogen (secondary N) is 1. The standard InChI is InChI=1S/C31H36F2N2O2.CH2O2/c1-16-22(9-10-24-29(16)34-11-12-36-24)26-17(2)27-28-20(13-21(32)14-23(28)33)15-35(8)30(27)18(3)25(26)19(4)37-31(5,6)7;2-1-3/h9-10,13-14,19,34H,11-12,15H2,1-8H3;1H,(H,2,3). The van der Waals surface area contributed by atoms with Crippen LogP contribution in [0.5, 0.6) is 5.75 Å².